The number of fused-ring (bicyclic) bond motifs is 1. The van der Waals surface area contributed by atoms with Crippen molar-refractivity contribution in [3.8, 4) is 0 Å². The molecule has 1 N–H and O–H groups in total. The Morgan fingerprint density at radius 2 is 2.14 bits per heavy atom. The molecule has 0 unspecified atom stereocenters. The largest absolute Gasteiger partial charge is 0.350 e. The number of aromatic nitrogens is 3. The first-order valence-corrected chi connectivity index (χ1v) is 7.32. The summed E-state index contributed by atoms with van der Waals surface area (Å²) in [6.45, 7) is 3.09. The number of benzene rings is 1. The lowest BCUT2D eigenvalue weighted by atomic mass is 10.2. The summed E-state index contributed by atoms with van der Waals surface area (Å²) in [5.74, 6) is 0.00267. The van der Waals surface area contributed by atoms with E-state index in [1.165, 1.54) is 5.56 Å². The van der Waals surface area contributed by atoms with E-state index in [0.29, 0.717) is 19.5 Å². The van der Waals surface area contributed by atoms with Crippen LogP contribution >= 0.6 is 0 Å². The topological polar surface area (TPSA) is 59.8 Å². The number of aryl methyl sites for hydroxylation is 2. The molecule has 22 heavy (non-hydrogen) atoms. The van der Waals surface area contributed by atoms with E-state index in [0.717, 1.165) is 16.6 Å². The predicted molar refractivity (Wildman–Crippen MR) is 85.2 cm³/mol. The van der Waals surface area contributed by atoms with Gasteiger partial charge in [-0.15, -0.1) is 0 Å². The number of amides is 1. The maximum Gasteiger partial charge on any atom is 0.222 e. The van der Waals surface area contributed by atoms with Crippen molar-refractivity contribution in [3.63, 3.8) is 0 Å². The van der Waals surface area contributed by atoms with Crippen molar-refractivity contribution >= 4 is 16.8 Å². The average molecular weight is 294 g/mol. The fourth-order valence-corrected chi connectivity index (χ4v) is 2.49. The number of hydrogen-bond acceptors (Lipinski definition) is 3. The number of nitrogens with zero attached hydrogens (tertiary/aromatic N) is 3. The predicted octanol–water partition coefficient (Wildman–Crippen LogP) is 2.45. The maximum atomic E-state index is 12.0. The Labute approximate surface area is 129 Å². The Balaban J connectivity index is 1.58. The molecule has 2 heterocycles. The Morgan fingerprint density at radius 3 is 2.95 bits per heavy atom. The van der Waals surface area contributed by atoms with Crippen LogP contribution in [0.2, 0.25) is 0 Å². The van der Waals surface area contributed by atoms with E-state index in [9.17, 15) is 4.79 Å². The van der Waals surface area contributed by atoms with E-state index in [2.05, 4.69) is 28.4 Å². The zero-order chi connectivity index (χ0) is 15.4. The molecule has 2 aromatic heterocycles. The van der Waals surface area contributed by atoms with Gasteiger partial charge >= 0.3 is 0 Å². The fraction of sp³-hybridized carbons (Fsp3) is 0.235. The molecule has 5 nitrogen and oxygen atoms in total. The van der Waals surface area contributed by atoms with Gasteiger partial charge in [0.1, 0.15) is 0 Å². The highest BCUT2D eigenvalue weighted by Crippen LogP contribution is 2.17. The van der Waals surface area contributed by atoms with Crippen LogP contribution in [0, 0.1) is 6.92 Å². The third-order valence-electron chi connectivity index (χ3n) is 3.61. The molecule has 0 fully saturated rings. The second-order valence-corrected chi connectivity index (χ2v) is 5.23. The Hall–Kier alpha value is -2.69. The van der Waals surface area contributed by atoms with Crippen LogP contribution in [0.25, 0.3) is 10.9 Å². The zero-order valence-electron chi connectivity index (χ0n) is 12.5. The summed E-state index contributed by atoms with van der Waals surface area (Å²) in [5.41, 5.74) is 3.13. The number of rotatable bonds is 5. The summed E-state index contributed by atoms with van der Waals surface area (Å²) in [6, 6.07) is 11.8. The molecule has 0 saturated carbocycles. The summed E-state index contributed by atoms with van der Waals surface area (Å²) in [5, 5.41) is 8.36. The lowest BCUT2D eigenvalue weighted by Gasteiger charge is -2.07. The Morgan fingerprint density at radius 1 is 1.23 bits per heavy atom. The molecule has 0 atom stereocenters. The van der Waals surface area contributed by atoms with Crippen LogP contribution in [-0.2, 0) is 17.9 Å². The standard InChI is InChI=1S/C17H18N4O/c1-13-5-4-6-14-11-20-21(17(13)14)10-8-16(22)19-12-15-7-2-3-9-18-15/h2-7,9,11H,8,10,12H2,1H3,(H,19,22). The zero-order valence-corrected chi connectivity index (χ0v) is 12.5. The highest BCUT2D eigenvalue weighted by molar-refractivity contribution is 5.82. The van der Waals surface area contributed by atoms with Gasteiger partial charge in [-0.1, -0.05) is 24.3 Å². The van der Waals surface area contributed by atoms with Gasteiger partial charge in [-0.25, -0.2) is 0 Å². The lowest BCUT2D eigenvalue weighted by molar-refractivity contribution is -0.121. The fourth-order valence-electron chi connectivity index (χ4n) is 2.49. The van der Waals surface area contributed by atoms with E-state index in [-0.39, 0.29) is 5.91 Å². The quantitative estimate of drug-likeness (QED) is 0.786. The summed E-state index contributed by atoms with van der Waals surface area (Å²) in [7, 11) is 0. The van der Waals surface area contributed by atoms with Crippen LogP contribution in [-0.4, -0.2) is 20.7 Å². The molecular formula is C17H18N4O. The average Bonchev–Trinajstić information content (AvgIpc) is 2.96. The van der Waals surface area contributed by atoms with Crippen molar-refractivity contribution in [1.82, 2.24) is 20.1 Å². The third kappa shape index (κ3) is 3.14. The number of hydrogen-bond donors (Lipinski definition) is 1. The Bertz CT molecular complexity index is 780. The summed E-state index contributed by atoms with van der Waals surface area (Å²) in [6.07, 6.45) is 3.96. The van der Waals surface area contributed by atoms with E-state index < -0.39 is 0 Å². The molecular weight excluding hydrogens is 276 g/mol. The summed E-state index contributed by atoms with van der Waals surface area (Å²) in [4.78, 5) is 16.1. The molecule has 0 saturated heterocycles. The van der Waals surface area contributed by atoms with Gasteiger partial charge in [0.15, 0.2) is 0 Å². The van der Waals surface area contributed by atoms with Crippen molar-refractivity contribution in [3.05, 3.63) is 60.0 Å². The first-order valence-electron chi connectivity index (χ1n) is 7.32. The molecule has 3 aromatic rings. The van der Waals surface area contributed by atoms with Gasteiger partial charge in [0.2, 0.25) is 5.91 Å². The molecule has 0 aliphatic heterocycles. The Kier molecular flexibility index (Phi) is 4.14. The number of para-hydroxylation sites is 1. The summed E-state index contributed by atoms with van der Waals surface area (Å²) >= 11 is 0. The van der Waals surface area contributed by atoms with Crippen LogP contribution in [0.5, 0.6) is 0 Å². The molecule has 1 aromatic carbocycles. The highest BCUT2D eigenvalue weighted by atomic mass is 16.1. The molecule has 0 spiro atoms. The molecule has 3 rings (SSSR count). The van der Waals surface area contributed by atoms with Crippen molar-refractivity contribution in [2.45, 2.75) is 26.4 Å². The summed E-state index contributed by atoms with van der Waals surface area (Å²) < 4.78 is 1.89. The molecule has 0 radical (unpaired) electrons. The monoisotopic (exact) mass is 294 g/mol. The molecule has 0 aliphatic carbocycles. The van der Waals surface area contributed by atoms with Crippen LogP contribution in [0.15, 0.2) is 48.8 Å². The first-order chi connectivity index (χ1) is 10.7. The second-order valence-electron chi connectivity index (χ2n) is 5.23. The third-order valence-corrected chi connectivity index (χ3v) is 3.61. The van der Waals surface area contributed by atoms with E-state index in [4.69, 9.17) is 0 Å². The smallest absolute Gasteiger partial charge is 0.222 e. The number of nitrogens with one attached hydrogen (secondary N) is 1. The molecule has 112 valence electrons. The van der Waals surface area contributed by atoms with Crippen molar-refractivity contribution in [1.29, 1.82) is 0 Å². The second kappa shape index (κ2) is 6.39. The van der Waals surface area contributed by atoms with Crippen LogP contribution in [0.4, 0.5) is 0 Å². The van der Waals surface area contributed by atoms with Crippen LogP contribution < -0.4 is 5.32 Å². The lowest BCUT2D eigenvalue weighted by Crippen LogP contribution is -2.24. The van der Waals surface area contributed by atoms with Crippen molar-refractivity contribution < 1.29 is 4.79 Å². The number of carbonyl (C=O) groups is 1. The molecule has 0 aliphatic rings. The van der Waals surface area contributed by atoms with Gasteiger partial charge in [0, 0.05) is 18.0 Å². The number of carbonyl (C=O) groups excluding carboxylic acids is 1. The van der Waals surface area contributed by atoms with Crippen LogP contribution in [0.1, 0.15) is 17.7 Å². The van der Waals surface area contributed by atoms with Crippen molar-refractivity contribution in [2.24, 2.45) is 0 Å². The highest BCUT2D eigenvalue weighted by Gasteiger charge is 2.07. The molecule has 5 heteroatoms. The van der Waals surface area contributed by atoms with Gasteiger partial charge in [0.05, 0.1) is 30.5 Å². The number of pyridine rings is 1. The van der Waals surface area contributed by atoms with Gasteiger partial charge in [-0.2, -0.15) is 5.10 Å². The minimum atomic E-state index is 0.00267. The maximum absolute atomic E-state index is 12.0. The van der Waals surface area contributed by atoms with E-state index in [1.807, 2.05) is 41.2 Å². The normalized spacial score (nSPS) is 10.8. The minimum absolute atomic E-state index is 0.00267. The molecule has 1 amide bonds. The van der Waals surface area contributed by atoms with E-state index in [1.54, 1.807) is 6.20 Å². The van der Waals surface area contributed by atoms with Gasteiger partial charge < -0.3 is 5.32 Å². The van der Waals surface area contributed by atoms with E-state index >= 15 is 0 Å². The van der Waals surface area contributed by atoms with Gasteiger partial charge in [0.25, 0.3) is 0 Å². The first kappa shape index (κ1) is 14.3. The van der Waals surface area contributed by atoms with Gasteiger partial charge in [-0.05, 0) is 24.6 Å². The minimum Gasteiger partial charge on any atom is -0.350 e. The SMILES string of the molecule is Cc1cccc2cnn(CCC(=O)NCc3ccccn3)c12. The van der Waals surface area contributed by atoms with Crippen molar-refractivity contribution in [2.75, 3.05) is 0 Å². The van der Waals surface area contributed by atoms with Gasteiger partial charge in [-0.3, -0.25) is 14.5 Å². The molecule has 0 bridgehead atoms. The van der Waals surface area contributed by atoms with Crippen LogP contribution in [0.3, 0.4) is 0 Å².